The van der Waals surface area contributed by atoms with Gasteiger partial charge in [-0.05, 0) is 37.1 Å². The van der Waals surface area contributed by atoms with Gasteiger partial charge in [0.1, 0.15) is 5.75 Å². The maximum absolute atomic E-state index is 12.8. The Morgan fingerprint density at radius 3 is 2.34 bits per heavy atom. The highest BCUT2D eigenvalue weighted by Crippen LogP contribution is 2.32. The molecule has 1 fully saturated rings. The molecule has 12 heteroatoms. The van der Waals surface area contributed by atoms with Crippen molar-refractivity contribution in [1.82, 2.24) is 4.31 Å². The van der Waals surface area contributed by atoms with Crippen molar-refractivity contribution < 1.29 is 26.5 Å². The van der Waals surface area contributed by atoms with Gasteiger partial charge in [-0.3, -0.25) is 14.8 Å². The second kappa shape index (κ2) is 7.97. The van der Waals surface area contributed by atoms with Crippen LogP contribution >= 0.6 is 0 Å². The number of nitrogens with one attached hydrogen (secondary N) is 1. The van der Waals surface area contributed by atoms with Crippen LogP contribution in [-0.2, 0) is 20.0 Å². The molecule has 10 nitrogen and oxygen atoms in total. The topological polar surface area (TPSA) is 136 Å². The molecule has 3 rings (SSSR count). The molecule has 0 radical (unpaired) electrons. The quantitative estimate of drug-likeness (QED) is 0.514. The lowest BCUT2D eigenvalue weighted by Crippen LogP contribution is -2.28. The first kappa shape index (κ1) is 21.0. The molecule has 0 spiro atoms. The summed E-state index contributed by atoms with van der Waals surface area (Å²) >= 11 is 0. The number of non-ortho nitro benzene ring substituents is 1. The Hall–Kier alpha value is -2.70. The van der Waals surface area contributed by atoms with Crippen LogP contribution in [0.25, 0.3) is 0 Å². The molecule has 2 aromatic rings. The zero-order valence-corrected chi connectivity index (χ0v) is 17.1. The summed E-state index contributed by atoms with van der Waals surface area (Å²) in [5.74, 6) is 0.111. The van der Waals surface area contributed by atoms with E-state index in [1.807, 2.05) is 0 Å². The lowest BCUT2D eigenvalue weighted by molar-refractivity contribution is -0.385. The average Bonchev–Trinajstić information content (AvgIpc) is 3.23. The Bertz CT molecular complexity index is 1140. The smallest absolute Gasteiger partial charge is 0.270 e. The fraction of sp³-hybridized carbons (Fsp3) is 0.294. The third-order valence-corrected chi connectivity index (χ3v) is 7.71. The summed E-state index contributed by atoms with van der Waals surface area (Å²) in [6, 6.07) is 8.42. The second-order valence-electron chi connectivity index (χ2n) is 6.33. The van der Waals surface area contributed by atoms with E-state index in [1.165, 1.54) is 47.8 Å². The van der Waals surface area contributed by atoms with E-state index in [4.69, 9.17) is 4.74 Å². The monoisotopic (exact) mass is 441 g/mol. The van der Waals surface area contributed by atoms with Crippen LogP contribution in [0.15, 0.2) is 52.3 Å². The van der Waals surface area contributed by atoms with Crippen molar-refractivity contribution in [2.45, 2.75) is 22.6 Å². The van der Waals surface area contributed by atoms with E-state index in [2.05, 4.69) is 4.72 Å². The van der Waals surface area contributed by atoms with Gasteiger partial charge in [0.15, 0.2) is 0 Å². The van der Waals surface area contributed by atoms with Crippen LogP contribution in [0.2, 0.25) is 0 Å². The molecule has 0 unspecified atom stereocenters. The summed E-state index contributed by atoms with van der Waals surface area (Å²) in [7, 11) is -6.68. The molecule has 1 saturated heterocycles. The average molecular weight is 441 g/mol. The zero-order chi connectivity index (χ0) is 21.2. The number of ether oxygens (including phenoxy) is 1. The van der Waals surface area contributed by atoms with Crippen LogP contribution in [0.5, 0.6) is 5.75 Å². The number of rotatable bonds is 7. The molecule has 0 bridgehead atoms. The number of anilines is 1. The first-order valence-corrected chi connectivity index (χ1v) is 11.5. The number of benzene rings is 2. The number of hydrogen-bond acceptors (Lipinski definition) is 7. The molecule has 156 valence electrons. The highest BCUT2D eigenvalue weighted by Gasteiger charge is 2.28. The van der Waals surface area contributed by atoms with Gasteiger partial charge in [-0.15, -0.1) is 0 Å². The first-order chi connectivity index (χ1) is 13.6. The minimum atomic E-state index is -4.23. The molecule has 0 saturated carbocycles. The van der Waals surface area contributed by atoms with E-state index in [-0.39, 0.29) is 26.9 Å². The fourth-order valence-electron chi connectivity index (χ4n) is 2.97. The molecular formula is C17H19N3O7S2. The summed E-state index contributed by atoms with van der Waals surface area (Å²) in [6.45, 7) is 0.812. The van der Waals surface area contributed by atoms with Crippen molar-refractivity contribution in [3.63, 3.8) is 0 Å². The number of hydrogen-bond donors (Lipinski definition) is 1. The van der Waals surface area contributed by atoms with E-state index in [1.54, 1.807) is 0 Å². The summed E-state index contributed by atoms with van der Waals surface area (Å²) in [6.07, 6.45) is 1.53. The molecular weight excluding hydrogens is 422 g/mol. The standard InChI is InChI=1S/C17H19N3O7S2/c1-27-17-8-7-15(29(25,26)19-9-2-3-10-19)12-16(17)18-28(23,24)14-6-4-5-13(11-14)20(21)22/h4-8,11-12,18H,2-3,9-10H2,1H3. The summed E-state index contributed by atoms with van der Waals surface area (Å²) in [5.41, 5.74) is -0.468. The number of methoxy groups -OCH3 is 1. The van der Waals surface area contributed by atoms with E-state index >= 15 is 0 Å². The summed E-state index contributed by atoms with van der Waals surface area (Å²) in [4.78, 5) is 9.81. The first-order valence-electron chi connectivity index (χ1n) is 8.60. The van der Waals surface area contributed by atoms with Crippen molar-refractivity contribution in [3.8, 4) is 5.75 Å². The van der Waals surface area contributed by atoms with Crippen molar-refractivity contribution >= 4 is 31.4 Å². The van der Waals surface area contributed by atoms with Crippen LogP contribution in [0, 0.1) is 10.1 Å². The zero-order valence-electron chi connectivity index (χ0n) is 15.4. The van der Waals surface area contributed by atoms with Gasteiger partial charge in [0, 0.05) is 25.2 Å². The summed E-state index contributed by atoms with van der Waals surface area (Å²) < 4.78 is 59.7. The third kappa shape index (κ3) is 4.33. The Morgan fingerprint density at radius 2 is 1.72 bits per heavy atom. The maximum atomic E-state index is 12.8. The SMILES string of the molecule is COc1ccc(S(=O)(=O)N2CCCC2)cc1NS(=O)(=O)c1cccc([N+](=O)[O-])c1. The Morgan fingerprint density at radius 1 is 1.03 bits per heavy atom. The van der Waals surface area contributed by atoms with Crippen molar-refractivity contribution in [1.29, 1.82) is 0 Å². The Balaban J connectivity index is 1.99. The minimum absolute atomic E-state index is 0.0723. The molecule has 1 N–H and O–H groups in total. The molecule has 1 aliphatic heterocycles. The van der Waals surface area contributed by atoms with Gasteiger partial charge in [-0.1, -0.05) is 6.07 Å². The van der Waals surface area contributed by atoms with Gasteiger partial charge >= 0.3 is 0 Å². The van der Waals surface area contributed by atoms with E-state index in [0.29, 0.717) is 13.1 Å². The van der Waals surface area contributed by atoms with Gasteiger partial charge < -0.3 is 4.74 Å². The fourth-order valence-corrected chi connectivity index (χ4v) is 5.62. The molecule has 2 aromatic carbocycles. The highest BCUT2D eigenvalue weighted by molar-refractivity contribution is 7.92. The molecule has 29 heavy (non-hydrogen) atoms. The largest absolute Gasteiger partial charge is 0.495 e. The molecule has 1 aliphatic rings. The van der Waals surface area contributed by atoms with Crippen molar-refractivity contribution in [2.24, 2.45) is 0 Å². The predicted molar refractivity (Wildman–Crippen MR) is 105 cm³/mol. The molecule has 0 atom stereocenters. The lowest BCUT2D eigenvalue weighted by Gasteiger charge is -2.18. The second-order valence-corrected chi connectivity index (χ2v) is 9.95. The summed E-state index contributed by atoms with van der Waals surface area (Å²) in [5, 5.41) is 10.9. The Labute approximate surface area is 168 Å². The lowest BCUT2D eigenvalue weighted by atomic mass is 10.3. The highest BCUT2D eigenvalue weighted by atomic mass is 32.2. The van der Waals surface area contributed by atoms with Crippen LogP contribution in [0.3, 0.4) is 0 Å². The molecule has 0 amide bonds. The van der Waals surface area contributed by atoms with Gasteiger partial charge in [0.25, 0.3) is 15.7 Å². The van der Waals surface area contributed by atoms with Crippen molar-refractivity contribution in [3.05, 3.63) is 52.6 Å². The van der Waals surface area contributed by atoms with E-state index in [9.17, 15) is 26.9 Å². The van der Waals surface area contributed by atoms with Crippen molar-refractivity contribution in [2.75, 3.05) is 24.9 Å². The van der Waals surface area contributed by atoms with Gasteiger partial charge in [0.05, 0.1) is 27.5 Å². The molecule has 0 aliphatic carbocycles. The van der Waals surface area contributed by atoms with Crippen LogP contribution in [0.1, 0.15) is 12.8 Å². The number of sulfonamides is 2. The van der Waals surface area contributed by atoms with Gasteiger partial charge in [0.2, 0.25) is 10.0 Å². The third-order valence-electron chi connectivity index (χ3n) is 4.46. The van der Waals surface area contributed by atoms with Gasteiger partial charge in [-0.25, -0.2) is 16.8 Å². The number of nitro groups is 1. The Kier molecular flexibility index (Phi) is 5.78. The number of nitrogens with zero attached hydrogens (tertiary/aromatic N) is 2. The molecule has 0 aromatic heterocycles. The number of nitro benzene ring substituents is 1. The predicted octanol–water partition coefficient (Wildman–Crippen LogP) is 2.19. The van der Waals surface area contributed by atoms with Crippen LogP contribution < -0.4 is 9.46 Å². The normalized spacial score (nSPS) is 15.2. The van der Waals surface area contributed by atoms with Crippen LogP contribution in [0.4, 0.5) is 11.4 Å². The minimum Gasteiger partial charge on any atom is -0.495 e. The maximum Gasteiger partial charge on any atom is 0.270 e. The molecule has 1 heterocycles. The van der Waals surface area contributed by atoms with Crippen LogP contribution in [-0.4, -0.2) is 46.3 Å². The van der Waals surface area contributed by atoms with E-state index in [0.717, 1.165) is 18.9 Å². The van der Waals surface area contributed by atoms with E-state index < -0.39 is 25.0 Å². The van der Waals surface area contributed by atoms with Gasteiger partial charge in [-0.2, -0.15) is 4.31 Å².